The normalized spacial score (nSPS) is 11.9. The van der Waals surface area contributed by atoms with E-state index in [0.717, 1.165) is 22.2 Å². The van der Waals surface area contributed by atoms with E-state index in [0.29, 0.717) is 0 Å². The second kappa shape index (κ2) is 14.9. The fourth-order valence-electron chi connectivity index (χ4n) is 5.85. The molecule has 0 unspecified atom stereocenters. The van der Waals surface area contributed by atoms with Crippen LogP contribution < -0.4 is 0 Å². The number of hydrogen-bond acceptors (Lipinski definition) is 3. The van der Waals surface area contributed by atoms with Gasteiger partial charge in [0.05, 0.1) is 11.5 Å². The second-order valence-corrected chi connectivity index (χ2v) is 14.2. The Labute approximate surface area is 307 Å². The number of aromatic nitrogens is 2. The maximum atomic E-state index is 9.60. The first-order valence-corrected chi connectivity index (χ1v) is 16.5. The number of fused-ring (bicyclic) bond motifs is 6. The third-order valence-electron chi connectivity index (χ3n) is 8.61. The maximum Gasteiger partial charge on any atom is 0.325 e. The molecule has 0 aliphatic heterocycles. The van der Waals surface area contributed by atoms with Gasteiger partial charge in [-0.1, -0.05) is 92.2 Å². The van der Waals surface area contributed by atoms with Crippen molar-refractivity contribution in [2.45, 2.75) is 41.5 Å². The molecule has 0 fully saturated rings. The summed E-state index contributed by atoms with van der Waals surface area (Å²) in [5.41, 5.74) is 2.44. The molecule has 0 spiro atoms. The molecular formula is C45H41IrN2O2-4. The molecule has 0 radical (unpaired) electrons. The van der Waals surface area contributed by atoms with Crippen LogP contribution in [0, 0.1) is 23.0 Å². The summed E-state index contributed by atoms with van der Waals surface area (Å²) in [6.45, 7) is 11.4. The van der Waals surface area contributed by atoms with Gasteiger partial charge in [0, 0.05) is 17.8 Å². The molecule has 0 aliphatic carbocycles. The van der Waals surface area contributed by atoms with Gasteiger partial charge in [0.15, 0.2) is 0 Å². The number of rotatable bonds is 2. The van der Waals surface area contributed by atoms with Crippen molar-refractivity contribution in [3.8, 4) is 11.3 Å². The molecular weight excluding hydrogens is 793 g/mol. The molecule has 256 valence electrons. The molecule has 2 aromatic heterocycles. The summed E-state index contributed by atoms with van der Waals surface area (Å²) in [4.78, 5) is 18.5. The number of aliphatic hydroxyl groups excluding tert-OH is 1. The molecule has 8 rings (SSSR count). The Morgan fingerprint density at radius 1 is 0.600 bits per heavy atom. The zero-order valence-electron chi connectivity index (χ0n) is 29.2. The van der Waals surface area contributed by atoms with Crippen LogP contribution in [-0.4, -0.2) is 25.7 Å². The third-order valence-corrected chi connectivity index (χ3v) is 8.61. The third kappa shape index (κ3) is 7.45. The van der Waals surface area contributed by atoms with E-state index in [-0.39, 0.29) is 42.5 Å². The Bertz CT molecular complexity index is 2180. The Kier molecular flexibility index (Phi) is 10.8. The predicted octanol–water partition coefficient (Wildman–Crippen LogP) is 11.7. The van der Waals surface area contributed by atoms with Crippen LogP contribution in [0.15, 0.2) is 133 Å². The average molecular weight is 834 g/mol. The van der Waals surface area contributed by atoms with Crippen molar-refractivity contribution in [2.24, 2.45) is 10.8 Å². The molecule has 5 heteroatoms. The van der Waals surface area contributed by atoms with Crippen LogP contribution in [0.3, 0.4) is 0 Å². The first kappa shape index (κ1) is 36.3. The quantitative estimate of drug-likeness (QED) is 0.0471. The van der Waals surface area contributed by atoms with Crippen LogP contribution in [0.4, 0.5) is 0 Å². The molecule has 8 aromatic rings. The largest absolute Gasteiger partial charge is 3.00 e. The fourth-order valence-corrected chi connectivity index (χ4v) is 5.85. The Morgan fingerprint density at radius 2 is 1.20 bits per heavy atom. The van der Waals surface area contributed by atoms with Gasteiger partial charge >= 0.3 is 5.78 Å². The zero-order chi connectivity index (χ0) is 34.8. The SMILES string of the molecule is CC(C)(C)C(=[OH+])/C=C(\O)C(C)(C)C.[Ir-3].[c-]1ccc2c3ccccc3c3cccc4c5cccnc5c1c2c34.[c-]1ccccc1-c1ccccn1. The minimum absolute atomic E-state index is 0. The van der Waals surface area contributed by atoms with Crippen molar-refractivity contribution in [1.82, 2.24) is 9.97 Å². The van der Waals surface area contributed by atoms with Gasteiger partial charge in [0.2, 0.25) is 0 Å². The summed E-state index contributed by atoms with van der Waals surface area (Å²) in [5.74, 6) is 0.417. The van der Waals surface area contributed by atoms with E-state index in [1.54, 1.807) is 6.20 Å². The predicted molar refractivity (Wildman–Crippen MR) is 207 cm³/mol. The Balaban J connectivity index is 0.000000160. The van der Waals surface area contributed by atoms with E-state index in [9.17, 15) is 9.90 Å². The van der Waals surface area contributed by atoms with Gasteiger partial charge in [-0.2, -0.15) is 0 Å². The molecule has 0 amide bonds. The molecule has 0 saturated carbocycles. The van der Waals surface area contributed by atoms with Crippen molar-refractivity contribution in [3.05, 3.63) is 146 Å². The number of benzene rings is 6. The topological polar surface area (TPSA) is 67.4 Å². The van der Waals surface area contributed by atoms with Crippen molar-refractivity contribution in [1.29, 1.82) is 0 Å². The van der Waals surface area contributed by atoms with Crippen LogP contribution >= 0.6 is 0 Å². The summed E-state index contributed by atoms with van der Waals surface area (Å²) in [7, 11) is 0. The zero-order valence-corrected chi connectivity index (χ0v) is 31.6. The van der Waals surface area contributed by atoms with E-state index in [1.807, 2.05) is 102 Å². The molecule has 0 atom stereocenters. The van der Waals surface area contributed by atoms with E-state index < -0.39 is 0 Å². The van der Waals surface area contributed by atoms with Gasteiger partial charge in [-0.05, 0) is 76.4 Å². The summed E-state index contributed by atoms with van der Waals surface area (Å²) in [6, 6.07) is 44.0. The molecule has 0 bridgehead atoms. The number of aliphatic hydroxyl groups is 1. The van der Waals surface area contributed by atoms with E-state index in [1.165, 1.54) is 49.2 Å². The number of carbonyl (C=O) groups excluding carboxylic acids is 1. The van der Waals surface area contributed by atoms with Gasteiger partial charge in [-0.15, -0.1) is 59.5 Å². The van der Waals surface area contributed by atoms with Crippen LogP contribution in [0.25, 0.3) is 65.3 Å². The summed E-state index contributed by atoms with van der Waals surface area (Å²) in [6.07, 6.45) is 5.11. The maximum absolute atomic E-state index is 9.60. The number of ketones is 1. The molecule has 2 N–H and O–H groups in total. The van der Waals surface area contributed by atoms with Crippen LogP contribution in [0.1, 0.15) is 41.5 Å². The molecule has 4 nitrogen and oxygen atoms in total. The summed E-state index contributed by atoms with van der Waals surface area (Å²) >= 11 is 0. The monoisotopic (exact) mass is 834 g/mol. The van der Waals surface area contributed by atoms with Crippen molar-refractivity contribution in [2.75, 3.05) is 0 Å². The van der Waals surface area contributed by atoms with Gasteiger partial charge in [0.25, 0.3) is 0 Å². The number of hydrogen-bond donors (Lipinski definition) is 1. The number of allylic oxidation sites excluding steroid dienone is 2. The van der Waals surface area contributed by atoms with E-state index >= 15 is 0 Å². The van der Waals surface area contributed by atoms with Crippen molar-refractivity contribution < 1.29 is 30.0 Å². The first-order chi connectivity index (χ1) is 23.4. The minimum Gasteiger partial charge on any atom is -3.00 e. The van der Waals surface area contributed by atoms with Crippen LogP contribution in [0.5, 0.6) is 0 Å². The number of nitrogens with zero attached hydrogens (tertiary/aromatic N) is 2. The summed E-state index contributed by atoms with van der Waals surface area (Å²) in [5, 5.41) is 21.0. The van der Waals surface area contributed by atoms with E-state index in [2.05, 4.69) is 76.7 Å². The molecule has 50 heavy (non-hydrogen) atoms. The number of pyridine rings is 2. The van der Waals surface area contributed by atoms with Gasteiger partial charge in [-0.25, -0.2) is 0 Å². The molecule has 0 saturated heterocycles. The molecule has 2 heterocycles. The van der Waals surface area contributed by atoms with E-state index in [4.69, 9.17) is 0 Å². The standard InChI is InChI=1S/C23H12N.C11H8N.C11H20O2.Ir/c1-2-7-15-14(6-1)16-8-3-10-18-19-12-5-13-24-23(19)20-11-4-9-17(15)22(20)21(16)18;1-2-6-10(7-3-1)11-8-4-5-9-12-11;1-10(2,3)8(12)7-9(13)11(4,5)6;/h1-10,12-13H;1-6,8-9H;7,12H,1-6H3;/q2*-1;;-3/p+1/b;;8-7-;. The van der Waals surface area contributed by atoms with Gasteiger partial charge in [-0.3, -0.25) is 4.79 Å². The molecule has 6 aromatic carbocycles. The van der Waals surface area contributed by atoms with Crippen LogP contribution in [0.2, 0.25) is 0 Å². The first-order valence-electron chi connectivity index (χ1n) is 16.5. The molecule has 0 aliphatic rings. The fraction of sp³-hybridized carbons (Fsp3) is 0.178. The minimum atomic E-state index is -0.306. The smallest absolute Gasteiger partial charge is 0.325 e. The van der Waals surface area contributed by atoms with Gasteiger partial charge in [0.1, 0.15) is 5.76 Å². The Hall–Kier alpha value is -4.96. The van der Waals surface area contributed by atoms with Crippen molar-refractivity contribution in [3.63, 3.8) is 0 Å². The Morgan fingerprint density at radius 3 is 1.82 bits per heavy atom. The van der Waals surface area contributed by atoms with Gasteiger partial charge < -0.3 is 35.2 Å². The van der Waals surface area contributed by atoms with Crippen molar-refractivity contribution >= 4 is 59.8 Å². The second-order valence-electron chi connectivity index (χ2n) is 14.2. The average Bonchev–Trinajstić information content (AvgIpc) is 3.12. The van der Waals surface area contributed by atoms with Crippen LogP contribution in [-0.2, 0) is 20.1 Å². The summed E-state index contributed by atoms with van der Waals surface area (Å²) < 4.78 is 0.